The van der Waals surface area contributed by atoms with Gasteiger partial charge in [0.15, 0.2) is 0 Å². The Kier molecular flexibility index (Phi) is 10.9. The highest BCUT2D eigenvalue weighted by molar-refractivity contribution is 5.86. The van der Waals surface area contributed by atoms with Crippen LogP contribution in [0.1, 0.15) is 60.8 Å². The summed E-state index contributed by atoms with van der Waals surface area (Å²) in [5.41, 5.74) is -0.500. The van der Waals surface area contributed by atoms with Gasteiger partial charge in [-0.2, -0.15) is 0 Å². The van der Waals surface area contributed by atoms with Crippen LogP contribution in [0.4, 0.5) is 0 Å². The van der Waals surface area contributed by atoms with E-state index in [9.17, 15) is 14.4 Å². The molecule has 0 aromatic rings. The molecule has 2 unspecified atom stereocenters. The molecule has 6 nitrogen and oxygen atoms in total. The van der Waals surface area contributed by atoms with Crippen LogP contribution in [-0.2, 0) is 28.6 Å². The maximum absolute atomic E-state index is 12.0. The Morgan fingerprint density at radius 1 is 0.846 bits per heavy atom. The van der Waals surface area contributed by atoms with Crippen LogP contribution in [0, 0.1) is 17.3 Å². The molecule has 0 saturated heterocycles. The third-order valence-electron chi connectivity index (χ3n) is 4.68. The summed E-state index contributed by atoms with van der Waals surface area (Å²) in [5.74, 6) is -1.59. The van der Waals surface area contributed by atoms with Gasteiger partial charge in [-0.3, -0.25) is 9.59 Å². The number of rotatable bonds is 12. The van der Waals surface area contributed by atoms with Crippen LogP contribution in [-0.4, -0.2) is 37.7 Å². The number of hydrogen-bond acceptors (Lipinski definition) is 6. The minimum absolute atomic E-state index is 0.0171. The Balaban J connectivity index is 5.12. The average Bonchev–Trinajstić information content (AvgIpc) is 2.65. The summed E-state index contributed by atoms with van der Waals surface area (Å²) < 4.78 is 16.1. The SMILES string of the molecule is C=C(C)C(=O)OCC(CC)(COC(=O)C(C)CC)COC(=O)C(C)CC. The maximum Gasteiger partial charge on any atom is 0.333 e. The maximum atomic E-state index is 12.0. The normalized spacial score (nSPS) is 15.3. The minimum atomic E-state index is -0.780. The zero-order chi connectivity index (χ0) is 20.3. The Hall–Kier alpha value is -1.85. The average molecular weight is 370 g/mol. The van der Waals surface area contributed by atoms with E-state index in [1.54, 1.807) is 20.8 Å². The van der Waals surface area contributed by atoms with E-state index in [4.69, 9.17) is 14.2 Å². The van der Waals surface area contributed by atoms with E-state index < -0.39 is 11.4 Å². The molecule has 0 radical (unpaired) electrons. The van der Waals surface area contributed by atoms with Gasteiger partial charge in [0, 0.05) is 5.57 Å². The number of carbonyl (C=O) groups is 3. The lowest BCUT2D eigenvalue weighted by Crippen LogP contribution is -2.40. The van der Waals surface area contributed by atoms with Crippen LogP contribution in [0.5, 0.6) is 0 Å². The number of hydrogen-bond donors (Lipinski definition) is 0. The third kappa shape index (κ3) is 8.02. The van der Waals surface area contributed by atoms with Crippen LogP contribution in [0.2, 0.25) is 0 Å². The summed E-state index contributed by atoms with van der Waals surface area (Å²) >= 11 is 0. The fourth-order valence-corrected chi connectivity index (χ4v) is 1.84. The topological polar surface area (TPSA) is 78.9 Å². The first kappa shape index (κ1) is 24.1. The lowest BCUT2D eigenvalue weighted by molar-refractivity contribution is -0.164. The van der Waals surface area contributed by atoms with Crippen molar-refractivity contribution in [1.82, 2.24) is 0 Å². The van der Waals surface area contributed by atoms with E-state index in [1.165, 1.54) is 0 Å². The highest BCUT2D eigenvalue weighted by Gasteiger charge is 2.35. The molecule has 0 amide bonds. The van der Waals surface area contributed by atoms with Crippen molar-refractivity contribution < 1.29 is 28.6 Å². The van der Waals surface area contributed by atoms with Crippen LogP contribution in [0.3, 0.4) is 0 Å². The Bertz CT molecular complexity index is 471. The second-order valence-electron chi connectivity index (χ2n) is 7.04. The molecule has 0 rings (SSSR count). The van der Waals surface area contributed by atoms with Gasteiger partial charge < -0.3 is 14.2 Å². The monoisotopic (exact) mass is 370 g/mol. The standard InChI is InChI=1S/C20H34O6/c1-8-15(6)18(22)25-12-20(10-3,11-24-17(21)14(4)5)13-26-19(23)16(7)9-2/h15-16H,4,8-13H2,1-3,5-7H3. The van der Waals surface area contributed by atoms with Gasteiger partial charge in [0.25, 0.3) is 0 Å². The van der Waals surface area contributed by atoms with E-state index in [2.05, 4.69) is 6.58 Å². The summed E-state index contributed by atoms with van der Waals surface area (Å²) in [6, 6.07) is 0. The molecule has 26 heavy (non-hydrogen) atoms. The molecule has 6 heteroatoms. The number of esters is 3. The van der Waals surface area contributed by atoms with E-state index >= 15 is 0 Å². The quantitative estimate of drug-likeness (QED) is 0.296. The molecule has 0 aliphatic carbocycles. The predicted molar refractivity (Wildman–Crippen MR) is 99.3 cm³/mol. The van der Waals surface area contributed by atoms with Crippen molar-refractivity contribution in [1.29, 1.82) is 0 Å². The number of ether oxygens (including phenoxy) is 3. The second-order valence-corrected chi connectivity index (χ2v) is 7.04. The molecule has 0 aliphatic heterocycles. The van der Waals surface area contributed by atoms with Crippen molar-refractivity contribution in [3.05, 3.63) is 12.2 Å². The molecule has 0 fully saturated rings. The largest absolute Gasteiger partial charge is 0.465 e. The molecule has 0 saturated carbocycles. The van der Waals surface area contributed by atoms with Crippen LogP contribution >= 0.6 is 0 Å². The molecular weight excluding hydrogens is 336 g/mol. The summed E-state index contributed by atoms with van der Waals surface area (Å²) in [7, 11) is 0. The van der Waals surface area contributed by atoms with Crippen LogP contribution in [0.25, 0.3) is 0 Å². The smallest absolute Gasteiger partial charge is 0.333 e. The minimum Gasteiger partial charge on any atom is -0.465 e. The van der Waals surface area contributed by atoms with Gasteiger partial charge in [0.1, 0.15) is 19.8 Å². The highest BCUT2D eigenvalue weighted by Crippen LogP contribution is 2.26. The fraction of sp³-hybridized carbons (Fsp3) is 0.750. The van der Waals surface area contributed by atoms with Crippen LogP contribution < -0.4 is 0 Å². The van der Waals surface area contributed by atoms with Crippen LogP contribution in [0.15, 0.2) is 12.2 Å². The molecule has 0 aromatic carbocycles. The zero-order valence-corrected chi connectivity index (χ0v) is 17.1. The van der Waals surface area contributed by atoms with E-state index in [0.29, 0.717) is 19.3 Å². The van der Waals surface area contributed by atoms with Crippen molar-refractivity contribution in [2.75, 3.05) is 19.8 Å². The summed E-state index contributed by atoms with van der Waals surface area (Å²) in [6.07, 6.45) is 1.86. The molecular formula is C20H34O6. The molecule has 0 heterocycles. The first-order valence-electron chi connectivity index (χ1n) is 9.28. The lowest BCUT2D eigenvalue weighted by atomic mass is 9.87. The zero-order valence-electron chi connectivity index (χ0n) is 17.1. The van der Waals surface area contributed by atoms with Crippen molar-refractivity contribution in [3.63, 3.8) is 0 Å². The third-order valence-corrected chi connectivity index (χ3v) is 4.68. The van der Waals surface area contributed by atoms with Gasteiger partial charge in [-0.25, -0.2) is 4.79 Å². The molecule has 0 aromatic heterocycles. The van der Waals surface area contributed by atoms with Gasteiger partial charge in [-0.05, 0) is 26.2 Å². The molecule has 150 valence electrons. The van der Waals surface area contributed by atoms with Gasteiger partial charge in [0.2, 0.25) is 0 Å². The molecule has 0 bridgehead atoms. The predicted octanol–water partition coefficient (Wildman–Crippen LogP) is 3.68. The van der Waals surface area contributed by atoms with Gasteiger partial charge in [0.05, 0.1) is 17.3 Å². The van der Waals surface area contributed by atoms with Crippen molar-refractivity contribution in [2.24, 2.45) is 17.3 Å². The Labute approximate surface area is 157 Å². The second kappa shape index (κ2) is 11.7. The van der Waals surface area contributed by atoms with E-state index in [1.807, 2.05) is 20.8 Å². The Morgan fingerprint density at radius 2 is 1.23 bits per heavy atom. The fourth-order valence-electron chi connectivity index (χ4n) is 1.84. The summed E-state index contributed by atoms with van der Waals surface area (Å²) in [4.78, 5) is 35.8. The van der Waals surface area contributed by atoms with Gasteiger partial charge in [-0.1, -0.05) is 41.2 Å². The molecule has 0 N–H and O–H groups in total. The lowest BCUT2D eigenvalue weighted by Gasteiger charge is -2.31. The van der Waals surface area contributed by atoms with Gasteiger partial charge in [-0.15, -0.1) is 0 Å². The first-order valence-corrected chi connectivity index (χ1v) is 9.28. The first-order chi connectivity index (χ1) is 12.1. The summed E-state index contributed by atoms with van der Waals surface area (Å²) in [5, 5.41) is 0. The van der Waals surface area contributed by atoms with Crippen molar-refractivity contribution in [3.8, 4) is 0 Å². The van der Waals surface area contributed by atoms with Gasteiger partial charge >= 0.3 is 17.9 Å². The van der Waals surface area contributed by atoms with Crippen molar-refractivity contribution in [2.45, 2.75) is 60.8 Å². The van der Waals surface area contributed by atoms with E-state index in [0.717, 1.165) is 0 Å². The van der Waals surface area contributed by atoms with E-state index in [-0.39, 0.29) is 49.2 Å². The Morgan fingerprint density at radius 3 is 1.54 bits per heavy atom. The molecule has 2 atom stereocenters. The molecule has 0 aliphatic rings. The highest BCUT2D eigenvalue weighted by atomic mass is 16.6. The molecule has 0 spiro atoms. The number of carbonyl (C=O) groups excluding carboxylic acids is 3. The van der Waals surface area contributed by atoms with Crippen molar-refractivity contribution >= 4 is 17.9 Å². The summed E-state index contributed by atoms with van der Waals surface area (Å²) in [6.45, 7) is 14.4.